The molecule has 0 aromatic heterocycles. The number of piperazine rings is 1. The van der Waals surface area contributed by atoms with Crippen molar-refractivity contribution < 1.29 is 9.53 Å². The first-order valence-electron chi connectivity index (χ1n) is 10.2. The molecule has 2 heterocycles. The minimum atomic E-state index is -0.0124. The van der Waals surface area contributed by atoms with Gasteiger partial charge in [0.2, 0.25) is 0 Å². The lowest BCUT2D eigenvalue weighted by Crippen LogP contribution is -2.52. The van der Waals surface area contributed by atoms with Crippen molar-refractivity contribution in [2.75, 3.05) is 43.1 Å². The molecular formula is C24H22ClN3O2S. The third kappa shape index (κ3) is 3.82. The highest BCUT2D eigenvalue weighted by Gasteiger charge is 2.33. The van der Waals surface area contributed by atoms with Crippen LogP contribution in [0.15, 0.2) is 76.5 Å². The summed E-state index contributed by atoms with van der Waals surface area (Å²) in [6, 6.07) is 21.8. The molecule has 0 spiro atoms. The first kappa shape index (κ1) is 20.1. The van der Waals surface area contributed by atoms with Crippen molar-refractivity contribution in [3.63, 3.8) is 0 Å². The quantitative estimate of drug-likeness (QED) is 0.486. The molecule has 1 saturated heterocycles. The maximum Gasteiger partial charge on any atom is 0.329 e. The van der Waals surface area contributed by atoms with Gasteiger partial charge in [-0.05, 0) is 42.5 Å². The summed E-state index contributed by atoms with van der Waals surface area (Å²) in [4.78, 5) is 21.8. The van der Waals surface area contributed by atoms with Crippen molar-refractivity contribution in [1.29, 1.82) is 0 Å². The smallest absolute Gasteiger partial charge is 0.329 e. The molecule has 7 heteroatoms. The predicted octanol–water partition coefficient (Wildman–Crippen LogP) is 5.89. The monoisotopic (exact) mass is 451 g/mol. The Bertz CT molecular complexity index is 1130. The summed E-state index contributed by atoms with van der Waals surface area (Å²) >= 11 is 7.96. The van der Waals surface area contributed by atoms with Gasteiger partial charge in [-0.15, -0.1) is 0 Å². The van der Waals surface area contributed by atoms with Gasteiger partial charge in [-0.25, -0.2) is 4.79 Å². The van der Waals surface area contributed by atoms with Gasteiger partial charge in [0.25, 0.3) is 0 Å². The summed E-state index contributed by atoms with van der Waals surface area (Å²) in [7, 11) is 1.68. The van der Waals surface area contributed by atoms with Crippen LogP contribution in [0.1, 0.15) is 0 Å². The fraction of sp³-hybridized carbons (Fsp3) is 0.208. The Morgan fingerprint density at radius 3 is 2.48 bits per heavy atom. The lowest BCUT2D eigenvalue weighted by Gasteiger charge is -2.40. The minimum absolute atomic E-state index is 0.0124. The summed E-state index contributed by atoms with van der Waals surface area (Å²) < 4.78 is 5.35. The van der Waals surface area contributed by atoms with Crippen molar-refractivity contribution in [2.45, 2.75) is 9.79 Å². The standard InChI is InChI=1S/C24H22ClN3O2S/c1-30-19-6-4-5-18(16-19)26-11-13-27(14-12-26)24(29)28-20-7-2-3-8-22(20)31-23-10-9-17(25)15-21(23)28/h2-10,15-16H,11-14H2,1H3. The van der Waals surface area contributed by atoms with E-state index in [1.807, 2.05) is 64.4 Å². The normalized spacial score (nSPS) is 15.4. The molecule has 31 heavy (non-hydrogen) atoms. The second-order valence-corrected chi connectivity index (χ2v) is 9.00. The molecule has 2 amide bonds. The fourth-order valence-corrected chi connectivity index (χ4v) is 5.24. The Balaban J connectivity index is 1.39. The average Bonchev–Trinajstić information content (AvgIpc) is 2.82. The van der Waals surface area contributed by atoms with Gasteiger partial charge in [-0.3, -0.25) is 4.90 Å². The fourth-order valence-electron chi connectivity index (χ4n) is 4.04. The molecule has 0 radical (unpaired) electrons. The van der Waals surface area contributed by atoms with E-state index >= 15 is 0 Å². The van der Waals surface area contributed by atoms with Crippen molar-refractivity contribution in [1.82, 2.24) is 4.90 Å². The number of urea groups is 1. The lowest BCUT2D eigenvalue weighted by atomic mass is 10.2. The largest absolute Gasteiger partial charge is 0.497 e. The average molecular weight is 452 g/mol. The van der Waals surface area contributed by atoms with Gasteiger partial charge in [0.05, 0.1) is 18.5 Å². The van der Waals surface area contributed by atoms with Crippen LogP contribution < -0.4 is 14.5 Å². The number of rotatable bonds is 2. The molecule has 2 aliphatic rings. The number of benzene rings is 3. The third-order valence-corrected chi connectivity index (χ3v) is 7.01. The first-order valence-corrected chi connectivity index (χ1v) is 11.4. The highest BCUT2D eigenvalue weighted by atomic mass is 35.5. The zero-order valence-electron chi connectivity index (χ0n) is 17.1. The van der Waals surface area contributed by atoms with Crippen molar-refractivity contribution in [2.24, 2.45) is 0 Å². The van der Waals surface area contributed by atoms with Gasteiger partial charge in [0.1, 0.15) is 5.75 Å². The Labute approximate surface area is 191 Å². The number of carbonyl (C=O) groups excluding carboxylic acids is 1. The zero-order valence-corrected chi connectivity index (χ0v) is 18.7. The van der Waals surface area contributed by atoms with Crippen LogP contribution >= 0.6 is 23.4 Å². The van der Waals surface area contributed by atoms with E-state index < -0.39 is 0 Å². The van der Waals surface area contributed by atoms with Crippen LogP contribution in [0, 0.1) is 0 Å². The summed E-state index contributed by atoms with van der Waals surface area (Å²) in [6.45, 7) is 2.84. The number of hydrogen-bond acceptors (Lipinski definition) is 4. The van der Waals surface area contributed by atoms with Crippen LogP contribution in [-0.2, 0) is 0 Å². The second-order valence-electron chi connectivity index (χ2n) is 7.48. The number of amides is 2. The number of anilines is 3. The number of fused-ring (bicyclic) bond motifs is 2. The van der Waals surface area contributed by atoms with Gasteiger partial charge >= 0.3 is 6.03 Å². The highest BCUT2D eigenvalue weighted by molar-refractivity contribution is 7.99. The summed E-state index contributed by atoms with van der Waals surface area (Å²) in [5.74, 6) is 0.840. The lowest BCUT2D eigenvalue weighted by molar-refractivity contribution is 0.203. The van der Waals surface area contributed by atoms with E-state index in [-0.39, 0.29) is 6.03 Å². The molecule has 0 atom stereocenters. The van der Waals surface area contributed by atoms with E-state index in [0.717, 1.165) is 45.7 Å². The number of carbonyl (C=O) groups is 1. The number of para-hydroxylation sites is 1. The molecule has 5 rings (SSSR count). The number of methoxy groups -OCH3 is 1. The number of halogens is 1. The Morgan fingerprint density at radius 2 is 1.68 bits per heavy atom. The summed E-state index contributed by atoms with van der Waals surface area (Å²) in [5, 5.41) is 0.624. The number of ether oxygens (including phenoxy) is 1. The molecular weight excluding hydrogens is 430 g/mol. The van der Waals surface area contributed by atoms with E-state index in [9.17, 15) is 4.79 Å². The summed E-state index contributed by atoms with van der Waals surface area (Å²) in [6.07, 6.45) is 0. The van der Waals surface area contributed by atoms with Crippen LogP contribution in [-0.4, -0.2) is 44.2 Å². The molecule has 3 aromatic carbocycles. The van der Waals surface area contributed by atoms with Gasteiger partial charge in [-0.1, -0.05) is 41.6 Å². The van der Waals surface area contributed by atoms with Gasteiger partial charge in [0.15, 0.2) is 0 Å². The summed E-state index contributed by atoms with van der Waals surface area (Å²) in [5.41, 5.74) is 2.86. The van der Waals surface area contributed by atoms with Gasteiger partial charge in [0, 0.05) is 52.7 Å². The SMILES string of the molecule is COc1cccc(N2CCN(C(=O)N3c4ccccc4Sc4ccc(Cl)cc43)CC2)c1. The van der Waals surface area contributed by atoms with Crippen LogP contribution in [0.5, 0.6) is 5.75 Å². The van der Waals surface area contributed by atoms with E-state index in [2.05, 4.69) is 17.0 Å². The van der Waals surface area contributed by atoms with Crippen LogP contribution in [0.2, 0.25) is 5.02 Å². The van der Waals surface area contributed by atoms with E-state index in [0.29, 0.717) is 18.1 Å². The second kappa shape index (κ2) is 8.36. The van der Waals surface area contributed by atoms with E-state index in [1.54, 1.807) is 18.9 Å². The van der Waals surface area contributed by atoms with Crippen molar-refractivity contribution in [3.05, 3.63) is 71.8 Å². The molecule has 0 aliphatic carbocycles. The molecule has 0 unspecified atom stereocenters. The van der Waals surface area contributed by atoms with Gasteiger partial charge < -0.3 is 14.5 Å². The molecule has 0 bridgehead atoms. The molecule has 3 aromatic rings. The molecule has 1 fully saturated rings. The molecule has 0 N–H and O–H groups in total. The minimum Gasteiger partial charge on any atom is -0.497 e. The maximum atomic E-state index is 13.7. The van der Waals surface area contributed by atoms with Crippen molar-refractivity contribution >= 4 is 46.5 Å². The maximum absolute atomic E-state index is 13.7. The molecule has 2 aliphatic heterocycles. The Morgan fingerprint density at radius 1 is 0.903 bits per heavy atom. The topological polar surface area (TPSA) is 36.0 Å². The van der Waals surface area contributed by atoms with Crippen LogP contribution in [0.25, 0.3) is 0 Å². The Kier molecular flexibility index (Phi) is 5.42. The van der Waals surface area contributed by atoms with Gasteiger partial charge in [-0.2, -0.15) is 0 Å². The predicted molar refractivity (Wildman–Crippen MR) is 126 cm³/mol. The molecule has 0 saturated carbocycles. The van der Waals surface area contributed by atoms with Crippen LogP contribution in [0.3, 0.4) is 0 Å². The molecule has 158 valence electrons. The van der Waals surface area contributed by atoms with Crippen molar-refractivity contribution in [3.8, 4) is 5.75 Å². The number of hydrogen-bond donors (Lipinski definition) is 0. The van der Waals surface area contributed by atoms with E-state index in [4.69, 9.17) is 16.3 Å². The zero-order chi connectivity index (χ0) is 21.4. The first-order chi connectivity index (χ1) is 15.1. The van der Waals surface area contributed by atoms with E-state index in [1.165, 1.54) is 0 Å². The number of nitrogens with zero attached hydrogens (tertiary/aromatic N) is 3. The Hall–Kier alpha value is -2.83. The third-order valence-electron chi connectivity index (χ3n) is 5.65. The highest BCUT2D eigenvalue weighted by Crippen LogP contribution is 2.49. The van der Waals surface area contributed by atoms with Crippen LogP contribution in [0.4, 0.5) is 21.9 Å². The molecule has 5 nitrogen and oxygen atoms in total.